The number of halogens is 30. The Kier molecular flexibility index (Phi) is 21.9. The predicted molar refractivity (Wildman–Crippen MR) is 190 cm³/mol. The van der Waals surface area contributed by atoms with Crippen LogP contribution in [0.5, 0.6) is 0 Å². The minimum Gasteiger partial charge on any atom is -0.465 e. The van der Waals surface area contributed by atoms with Crippen LogP contribution in [0, 0.1) is 11.9 Å². The Labute approximate surface area is 403 Å². The van der Waals surface area contributed by atoms with E-state index in [1.807, 2.05) is 0 Å². The highest BCUT2D eigenvalue weighted by Crippen LogP contribution is 2.66. The van der Waals surface area contributed by atoms with Gasteiger partial charge in [-0.25, -0.2) is 13.6 Å². The summed E-state index contributed by atoms with van der Waals surface area (Å²) < 4.78 is 400. The number of nitrogens with one attached hydrogen (secondary N) is 3. The van der Waals surface area contributed by atoms with E-state index in [1.54, 1.807) is 0 Å². The van der Waals surface area contributed by atoms with Crippen LogP contribution in [-0.2, 0) is 19.1 Å². The summed E-state index contributed by atoms with van der Waals surface area (Å²) in [6, 6.07) is 0. The normalized spacial score (nSPS) is 14.4. The minimum absolute atomic E-state index is 0.167. The van der Waals surface area contributed by atoms with Gasteiger partial charge in [0.25, 0.3) is 0 Å². The van der Waals surface area contributed by atoms with E-state index in [0.717, 1.165) is 23.1 Å². The number of aromatic nitrogens is 4. The van der Waals surface area contributed by atoms with Crippen LogP contribution < -0.4 is 0 Å². The van der Waals surface area contributed by atoms with Gasteiger partial charge in [0.05, 0.1) is 32.5 Å². The lowest BCUT2D eigenvalue weighted by molar-refractivity contribution is -0.457. The topological polar surface area (TPSA) is 113 Å². The van der Waals surface area contributed by atoms with E-state index in [9.17, 15) is 141 Å². The molecule has 8 nitrogen and oxygen atoms in total. The molecule has 420 valence electrons. The molecule has 0 fully saturated rings. The summed E-state index contributed by atoms with van der Waals surface area (Å²) in [5.41, 5.74) is -16.7. The smallest absolute Gasteiger partial charge is 0.438 e. The number of esters is 2. The van der Waals surface area contributed by atoms with Crippen LogP contribution in [0.15, 0.2) is 17.0 Å². The monoisotopic (exact) mass is 1240 g/mol. The zero-order chi connectivity index (χ0) is 57.8. The van der Waals surface area contributed by atoms with Crippen LogP contribution in [-0.4, -0.2) is 135 Å². The maximum absolute atomic E-state index is 13.7. The summed E-state index contributed by atoms with van der Waals surface area (Å²) in [7, 11) is 0. The molecule has 2 aromatic rings. The molecule has 0 aromatic carbocycles. The van der Waals surface area contributed by atoms with Crippen molar-refractivity contribution in [2.45, 2.75) is 107 Å². The quantitative estimate of drug-likeness (QED) is 0.0416. The molecule has 44 heteroatoms. The highest BCUT2D eigenvalue weighted by atomic mass is 32.2. The van der Waals surface area contributed by atoms with Gasteiger partial charge < -0.3 is 9.47 Å². The van der Waals surface area contributed by atoms with E-state index in [2.05, 4.69) is 36.4 Å². The van der Waals surface area contributed by atoms with Crippen molar-refractivity contribution >= 4 is 83.0 Å². The summed E-state index contributed by atoms with van der Waals surface area (Å²) >= 11 is 17.3. The van der Waals surface area contributed by atoms with Gasteiger partial charge in [-0.3, -0.25) is 20.1 Å². The Morgan fingerprint density at radius 1 is 0.514 bits per heavy atom. The minimum atomic E-state index is -8.48. The Balaban J connectivity index is 0.00000125. The molecule has 0 aliphatic heterocycles. The third-order valence-corrected chi connectivity index (χ3v) is 11.3. The summed E-state index contributed by atoms with van der Waals surface area (Å²) in [6.45, 7) is -1.15. The lowest BCUT2D eigenvalue weighted by Crippen LogP contribution is -2.75. The number of H-pyrrole nitrogens is 3. The van der Waals surface area contributed by atoms with Gasteiger partial charge in [0, 0.05) is 11.8 Å². The van der Waals surface area contributed by atoms with Crippen LogP contribution >= 0.6 is 71.1 Å². The van der Waals surface area contributed by atoms with Gasteiger partial charge in [-0.15, -0.1) is 0 Å². The molecule has 0 amide bonds. The van der Waals surface area contributed by atoms with E-state index in [1.165, 1.54) is 11.3 Å². The largest absolute Gasteiger partial charge is 0.465 e. The van der Waals surface area contributed by atoms with Crippen LogP contribution in [0.4, 0.5) is 132 Å². The zero-order valence-electron chi connectivity index (χ0n) is 32.9. The maximum atomic E-state index is 13.7. The van der Waals surface area contributed by atoms with Gasteiger partial charge in [0.1, 0.15) is 0 Å². The second kappa shape index (κ2) is 22.9. The lowest BCUT2D eigenvalue weighted by Gasteiger charge is -2.43. The fourth-order valence-electron chi connectivity index (χ4n) is 4.07. The van der Waals surface area contributed by atoms with Crippen LogP contribution in [0.3, 0.4) is 0 Å². The number of hydrogen-bond donors (Lipinski definition) is 3. The highest BCUT2D eigenvalue weighted by Gasteiger charge is 2.97. The second-order valence-electron chi connectivity index (χ2n) is 12.7. The molecule has 0 atom stereocenters. The molecule has 0 bridgehead atoms. The number of aromatic amines is 3. The van der Waals surface area contributed by atoms with E-state index < -0.39 is 128 Å². The van der Waals surface area contributed by atoms with E-state index in [4.69, 9.17) is 36.7 Å². The number of nitrogens with zero attached hydrogens (tertiary/aromatic N) is 1. The second-order valence-corrected chi connectivity index (χ2v) is 18.0. The third-order valence-electron chi connectivity index (χ3n) is 7.83. The van der Waals surface area contributed by atoms with Crippen molar-refractivity contribution in [1.29, 1.82) is 0 Å². The summed E-state index contributed by atoms with van der Waals surface area (Å²) in [5, 5.41) is 11.3. The third kappa shape index (κ3) is 13.8. The van der Waals surface area contributed by atoms with Gasteiger partial charge in [0.2, 0.25) is 0 Å². The number of ether oxygens (including phenoxy) is 2. The van der Waals surface area contributed by atoms with Crippen LogP contribution in [0.2, 0.25) is 0 Å². The molecular weight excluding hydrogens is 1220 g/mol. The average Bonchev–Trinajstić information content (AvgIpc) is 3.79. The summed E-state index contributed by atoms with van der Waals surface area (Å²) in [4.78, 5) is 21.9. The number of hydrogen-bond acceptors (Lipinski definition) is 11. The Bertz CT molecular complexity index is 2260. The molecule has 0 saturated heterocycles. The fraction of sp³-hybridized carbons (Fsp3) is 0.714. The number of thioether (sulfide) groups is 1. The van der Waals surface area contributed by atoms with Crippen molar-refractivity contribution in [3.8, 4) is 0 Å². The molecule has 2 aromatic heterocycles. The first-order chi connectivity index (χ1) is 31.6. The number of carbonyl (C=O) groups is 2. The van der Waals surface area contributed by atoms with Gasteiger partial charge in [-0.1, -0.05) is 41.0 Å². The molecule has 2 heterocycles. The number of alkyl halides is 30. The molecule has 0 radical (unpaired) electrons. The highest BCUT2D eigenvalue weighted by molar-refractivity contribution is 8.01. The van der Waals surface area contributed by atoms with Crippen molar-refractivity contribution in [2.24, 2.45) is 0 Å². The van der Waals surface area contributed by atoms with Crippen LogP contribution in [0.25, 0.3) is 0 Å². The predicted octanol–water partition coefficient (Wildman–Crippen LogP) is 14.3. The molecule has 3 N–H and O–H groups in total. The number of rotatable bonds is 19. The van der Waals surface area contributed by atoms with Gasteiger partial charge >= 0.3 is 95.4 Å². The van der Waals surface area contributed by atoms with Crippen molar-refractivity contribution in [2.75, 3.05) is 19.0 Å². The maximum Gasteiger partial charge on any atom is 0.438 e. The standard InChI is InChI=1S/C14H9F15N2O2S3.C12H7F15O2.C2H2N2S3/c15-8(16,2-3-33-5(32)1-4-35-7-31-30-6(34)36-7)10(18,19)12(22,23)11(20,21)9(17,13(24,25)26)14(27,28)29;1-2-5(28)29-4-3-6(13,14)8(16,17)10(20,21)9(18,19)7(15,11(22,23)24)12(25,26)27;5-1-3-4-2(6)7-1/h1-4H2,(H,30,34);2H,1,3-4H2;(H,3,5)(H,4,6). The Hall–Kier alpha value is -3.29. The average molecular weight is 1240 g/mol. The van der Waals surface area contributed by atoms with Gasteiger partial charge in [-0.2, -0.15) is 128 Å². The zero-order valence-corrected chi connectivity index (χ0v) is 37.8. The van der Waals surface area contributed by atoms with Crippen molar-refractivity contribution in [3.05, 3.63) is 24.5 Å². The van der Waals surface area contributed by atoms with Crippen molar-refractivity contribution in [1.82, 2.24) is 20.4 Å². The van der Waals surface area contributed by atoms with Gasteiger partial charge in [0.15, 0.2) is 16.2 Å². The molecule has 72 heavy (non-hydrogen) atoms. The Morgan fingerprint density at radius 3 is 1.11 bits per heavy atom. The first kappa shape index (κ1) is 68.7. The van der Waals surface area contributed by atoms with E-state index in [-0.39, 0.29) is 15.8 Å². The molecule has 0 unspecified atom stereocenters. The fourth-order valence-corrected chi connectivity index (χ4v) is 7.28. The van der Waals surface area contributed by atoms with Crippen molar-refractivity contribution < 1.29 is 151 Å². The SMILES string of the molecule is C=CC(=O)OCCC(F)(F)C(F)(F)C(F)(F)C(F)(F)C(F)(C(F)(F)F)C(F)(F)F.O=C(CCSc1n[nH]c(=S)s1)OCCC(F)(F)C(F)(F)C(F)(F)C(F)(F)C(F)(C(F)(F)F)C(F)(F)F.S=c1[nH][nH]c(=S)s1. The first-order valence-corrected chi connectivity index (χ1v) is 20.5. The van der Waals surface area contributed by atoms with E-state index in [0.29, 0.717) is 12.2 Å². The summed E-state index contributed by atoms with van der Waals surface area (Å²) in [6.07, 6.45) is -37.8. The molecular formula is C28H18F30N4O4S6. The van der Waals surface area contributed by atoms with E-state index >= 15 is 0 Å². The molecule has 0 saturated carbocycles. The Morgan fingerprint density at radius 2 is 0.847 bits per heavy atom. The van der Waals surface area contributed by atoms with Gasteiger partial charge in [-0.05, 0) is 36.7 Å². The van der Waals surface area contributed by atoms with Crippen molar-refractivity contribution in [3.63, 3.8) is 0 Å². The molecule has 0 spiro atoms. The first-order valence-electron chi connectivity index (χ1n) is 16.7. The summed E-state index contributed by atoms with van der Waals surface area (Å²) in [5.74, 6) is -65.0. The van der Waals surface area contributed by atoms with Crippen LogP contribution in [0.1, 0.15) is 19.3 Å². The molecule has 2 rings (SSSR count). The number of carbonyl (C=O) groups excluding carboxylic acids is 2. The lowest BCUT2D eigenvalue weighted by atomic mass is 9.85. The molecule has 0 aliphatic carbocycles. The molecule has 0 aliphatic rings.